The zero-order valence-corrected chi connectivity index (χ0v) is 17.2. The van der Waals surface area contributed by atoms with Gasteiger partial charge in [0.05, 0.1) is 34.1 Å². The Bertz CT molecular complexity index is 1130. The van der Waals surface area contributed by atoms with Crippen LogP contribution in [0.5, 0.6) is 0 Å². The lowest BCUT2D eigenvalue weighted by atomic mass is 9.95. The SMILES string of the molecule is CC(Nc1c(Cl)cnc2ccc(-c3ccc(C(C)(C)O)cc3)cc12)c1cnco1. The minimum Gasteiger partial charge on any atom is -0.446 e. The van der Waals surface area contributed by atoms with Crippen LogP contribution in [0.2, 0.25) is 5.02 Å². The molecule has 4 aromatic rings. The summed E-state index contributed by atoms with van der Waals surface area (Å²) < 4.78 is 5.40. The first-order valence-corrected chi connectivity index (χ1v) is 9.77. The van der Waals surface area contributed by atoms with E-state index in [-0.39, 0.29) is 6.04 Å². The highest BCUT2D eigenvalue weighted by Crippen LogP contribution is 2.35. The van der Waals surface area contributed by atoms with Gasteiger partial charge in [0.25, 0.3) is 0 Å². The number of oxazole rings is 1. The van der Waals surface area contributed by atoms with Gasteiger partial charge in [-0.2, -0.15) is 0 Å². The molecule has 0 saturated heterocycles. The lowest BCUT2D eigenvalue weighted by Gasteiger charge is -2.18. The molecule has 2 aromatic heterocycles. The highest BCUT2D eigenvalue weighted by Gasteiger charge is 2.17. The van der Waals surface area contributed by atoms with Gasteiger partial charge < -0.3 is 14.8 Å². The maximum Gasteiger partial charge on any atom is 0.180 e. The fourth-order valence-corrected chi connectivity index (χ4v) is 3.50. The number of nitrogens with one attached hydrogen (secondary N) is 1. The number of hydrogen-bond donors (Lipinski definition) is 2. The largest absolute Gasteiger partial charge is 0.446 e. The molecule has 0 aliphatic rings. The number of aliphatic hydroxyl groups is 1. The molecule has 0 radical (unpaired) electrons. The van der Waals surface area contributed by atoms with Crippen LogP contribution in [0.15, 0.2) is 65.7 Å². The number of rotatable bonds is 5. The van der Waals surface area contributed by atoms with E-state index in [2.05, 4.69) is 21.4 Å². The number of halogens is 1. The predicted molar refractivity (Wildman–Crippen MR) is 116 cm³/mol. The van der Waals surface area contributed by atoms with Crippen LogP contribution in [0, 0.1) is 0 Å². The second-order valence-electron chi connectivity index (χ2n) is 7.62. The maximum absolute atomic E-state index is 10.2. The van der Waals surface area contributed by atoms with E-state index in [1.165, 1.54) is 6.39 Å². The molecule has 1 atom stereocenters. The van der Waals surface area contributed by atoms with E-state index in [0.29, 0.717) is 5.02 Å². The van der Waals surface area contributed by atoms with Crippen molar-refractivity contribution in [3.63, 3.8) is 0 Å². The quantitative estimate of drug-likeness (QED) is 0.428. The van der Waals surface area contributed by atoms with Gasteiger partial charge >= 0.3 is 0 Å². The van der Waals surface area contributed by atoms with Crippen LogP contribution in [0.25, 0.3) is 22.0 Å². The minimum atomic E-state index is -0.868. The normalized spacial score (nSPS) is 12.9. The molecule has 2 heterocycles. The second-order valence-corrected chi connectivity index (χ2v) is 8.03. The van der Waals surface area contributed by atoms with E-state index in [9.17, 15) is 5.11 Å². The third-order valence-corrected chi connectivity index (χ3v) is 5.27. The van der Waals surface area contributed by atoms with Crippen LogP contribution in [0.4, 0.5) is 5.69 Å². The molecule has 0 saturated carbocycles. The first-order valence-electron chi connectivity index (χ1n) is 9.39. The molecule has 6 heteroatoms. The molecule has 4 rings (SSSR count). The van der Waals surface area contributed by atoms with Crippen molar-refractivity contribution in [2.75, 3.05) is 5.32 Å². The van der Waals surface area contributed by atoms with E-state index in [4.69, 9.17) is 16.0 Å². The van der Waals surface area contributed by atoms with Crippen molar-refractivity contribution in [1.29, 1.82) is 0 Å². The predicted octanol–water partition coefficient (Wildman–Crippen LogP) is 5.94. The average Bonchev–Trinajstić information content (AvgIpc) is 3.24. The number of nitrogens with zero attached hydrogens (tertiary/aromatic N) is 2. The van der Waals surface area contributed by atoms with Gasteiger partial charge in [0.1, 0.15) is 5.76 Å². The van der Waals surface area contributed by atoms with Crippen LogP contribution >= 0.6 is 11.6 Å². The summed E-state index contributed by atoms with van der Waals surface area (Å²) in [6.45, 7) is 5.54. The fourth-order valence-electron chi connectivity index (χ4n) is 3.29. The van der Waals surface area contributed by atoms with Gasteiger partial charge in [-0.15, -0.1) is 0 Å². The number of aromatic nitrogens is 2. The van der Waals surface area contributed by atoms with Crippen molar-refractivity contribution in [3.8, 4) is 11.1 Å². The van der Waals surface area contributed by atoms with Crippen molar-refractivity contribution < 1.29 is 9.52 Å². The van der Waals surface area contributed by atoms with Crippen molar-refractivity contribution in [1.82, 2.24) is 9.97 Å². The third kappa shape index (κ3) is 3.97. The van der Waals surface area contributed by atoms with Gasteiger partial charge in [-0.1, -0.05) is 41.9 Å². The molecule has 0 spiro atoms. The second kappa shape index (κ2) is 7.50. The summed E-state index contributed by atoms with van der Waals surface area (Å²) in [4.78, 5) is 8.43. The molecular formula is C23H22ClN3O2. The van der Waals surface area contributed by atoms with Crippen LogP contribution in [0.3, 0.4) is 0 Å². The molecule has 5 nitrogen and oxygen atoms in total. The fraction of sp³-hybridized carbons (Fsp3) is 0.217. The van der Waals surface area contributed by atoms with Gasteiger partial charge in [0, 0.05) is 11.6 Å². The van der Waals surface area contributed by atoms with Crippen molar-refractivity contribution in [2.24, 2.45) is 0 Å². The molecule has 0 aliphatic heterocycles. The molecular weight excluding hydrogens is 386 g/mol. The van der Waals surface area contributed by atoms with E-state index < -0.39 is 5.60 Å². The van der Waals surface area contributed by atoms with Crippen molar-refractivity contribution >= 4 is 28.2 Å². The van der Waals surface area contributed by atoms with Crippen LogP contribution in [0.1, 0.15) is 38.1 Å². The number of benzene rings is 2. The standard InChI is InChI=1S/C23H22ClN3O2/c1-14(21-12-25-13-29-21)27-22-18-10-16(6-9-20(18)26-11-19(22)24)15-4-7-17(8-5-15)23(2,3)28/h4-14,28H,1-3H3,(H,26,27). The summed E-state index contributed by atoms with van der Waals surface area (Å²) >= 11 is 6.48. The topological polar surface area (TPSA) is 71.2 Å². The summed E-state index contributed by atoms with van der Waals surface area (Å²) in [6, 6.07) is 13.9. The van der Waals surface area contributed by atoms with E-state index >= 15 is 0 Å². The highest BCUT2D eigenvalue weighted by atomic mass is 35.5. The van der Waals surface area contributed by atoms with Crippen LogP contribution < -0.4 is 5.32 Å². The van der Waals surface area contributed by atoms with Gasteiger partial charge in [-0.05, 0) is 49.6 Å². The van der Waals surface area contributed by atoms with Crippen LogP contribution in [-0.4, -0.2) is 15.1 Å². The third-order valence-electron chi connectivity index (χ3n) is 4.99. The van der Waals surface area contributed by atoms with Crippen molar-refractivity contribution in [2.45, 2.75) is 32.4 Å². The summed E-state index contributed by atoms with van der Waals surface area (Å²) in [6.07, 6.45) is 4.75. The molecule has 1 unspecified atom stereocenters. The first-order chi connectivity index (χ1) is 13.8. The smallest absolute Gasteiger partial charge is 0.180 e. The van der Waals surface area contributed by atoms with Gasteiger partial charge in [0.15, 0.2) is 6.39 Å². The molecule has 0 aliphatic carbocycles. The molecule has 0 bridgehead atoms. The van der Waals surface area contributed by atoms with Crippen LogP contribution in [-0.2, 0) is 5.60 Å². The summed E-state index contributed by atoms with van der Waals surface area (Å²) in [5, 5.41) is 15.1. The number of fused-ring (bicyclic) bond motifs is 1. The Hall–Kier alpha value is -2.89. The Morgan fingerprint density at radius 2 is 1.79 bits per heavy atom. The molecule has 0 amide bonds. The Morgan fingerprint density at radius 3 is 2.45 bits per heavy atom. The summed E-state index contributed by atoms with van der Waals surface area (Å²) in [7, 11) is 0. The lowest BCUT2D eigenvalue weighted by molar-refractivity contribution is 0.0786. The molecule has 2 aromatic carbocycles. The summed E-state index contributed by atoms with van der Waals surface area (Å²) in [5.41, 5.74) is 3.74. The summed E-state index contributed by atoms with van der Waals surface area (Å²) in [5.74, 6) is 0.726. The molecule has 148 valence electrons. The van der Waals surface area contributed by atoms with Gasteiger partial charge in [0.2, 0.25) is 0 Å². The zero-order valence-electron chi connectivity index (χ0n) is 16.5. The molecule has 2 N–H and O–H groups in total. The molecule has 0 fully saturated rings. The Kier molecular flexibility index (Phi) is 5.03. The average molecular weight is 408 g/mol. The Balaban J connectivity index is 1.74. The minimum absolute atomic E-state index is 0.102. The van der Waals surface area contributed by atoms with E-state index in [0.717, 1.165) is 39.0 Å². The number of hydrogen-bond acceptors (Lipinski definition) is 5. The monoisotopic (exact) mass is 407 g/mol. The Labute approximate surface area is 174 Å². The number of anilines is 1. The zero-order chi connectivity index (χ0) is 20.6. The number of pyridine rings is 1. The Morgan fingerprint density at radius 1 is 1.07 bits per heavy atom. The van der Waals surface area contributed by atoms with E-state index in [1.807, 2.05) is 43.3 Å². The maximum atomic E-state index is 10.2. The highest BCUT2D eigenvalue weighted by molar-refractivity contribution is 6.34. The lowest BCUT2D eigenvalue weighted by Crippen LogP contribution is -2.14. The van der Waals surface area contributed by atoms with Gasteiger partial charge in [-0.25, -0.2) is 4.98 Å². The first kappa shape index (κ1) is 19.4. The van der Waals surface area contributed by atoms with E-state index in [1.54, 1.807) is 26.2 Å². The van der Waals surface area contributed by atoms with Crippen molar-refractivity contribution in [3.05, 3.63) is 77.6 Å². The van der Waals surface area contributed by atoms with Gasteiger partial charge in [-0.3, -0.25) is 4.98 Å². The molecule has 29 heavy (non-hydrogen) atoms.